The molecule has 2 heterocycles. The lowest BCUT2D eigenvalue weighted by Gasteiger charge is -2.32. The van der Waals surface area contributed by atoms with Gasteiger partial charge in [0.25, 0.3) is 0 Å². The van der Waals surface area contributed by atoms with E-state index in [4.69, 9.17) is 15.0 Å². The highest BCUT2D eigenvalue weighted by Crippen LogP contribution is 2.42. The van der Waals surface area contributed by atoms with Crippen LogP contribution in [0, 0.1) is 0 Å². The third-order valence-electron chi connectivity index (χ3n) is 3.56. The Labute approximate surface area is 129 Å². The molecule has 0 amide bonds. The van der Waals surface area contributed by atoms with Gasteiger partial charge in [-0.05, 0) is 65.6 Å². The summed E-state index contributed by atoms with van der Waals surface area (Å²) in [4.78, 5) is 1.03. The highest BCUT2D eigenvalue weighted by Gasteiger charge is 2.53. The summed E-state index contributed by atoms with van der Waals surface area (Å²) in [5.41, 5.74) is 5.55. The zero-order valence-electron chi connectivity index (χ0n) is 10.8. The lowest BCUT2D eigenvalue weighted by molar-refractivity contribution is 0.00578. The summed E-state index contributed by atoms with van der Waals surface area (Å²) in [6.07, 6.45) is 0. The molecule has 0 aliphatic carbocycles. The maximum atomic E-state index is 6.24. The minimum Gasteiger partial charge on any atom is -0.402 e. The fourth-order valence-electron chi connectivity index (χ4n) is 1.70. The van der Waals surface area contributed by atoms with Crippen molar-refractivity contribution in [3.8, 4) is 0 Å². The average Bonchev–Trinajstić information content (AvgIpc) is 2.65. The normalized spacial score (nSPS) is 23.4. The van der Waals surface area contributed by atoms with Crippen LogP contribution in [-0.4, -0.2) is 18.3 Å². The summed E-state index contributed by atoms with van der Waals surface area (Å²) < 4.78 is 14.0. The van der Waals surface area contributed by atoms with Crippen LogP contribution >= 0.6 is 43.2 Å². The van der Waals surface area contributed by atoms with Gasteiger partial charge in [0.05, 0.1) is 20.9 Å². The quantitative estimate of drug-likeness (QED) is 0.771. The van der Waals surface area contributed by atoms with Crippen molar-refractivity contribution in [1.29, 1.82) is 0 Å². The molecule has 3 nitrogen and oxygen atoms in total. The summed E-state index contributed by atoms with van der Waals surface area (Å²) >= 11 is 8.53. The molecule has 1 aliphatic rings. The van der Waals surface area contributed by atoms with Gasteiger partial charge in [0.1, 0.15) is 0 Å². The number of nitrogens with two attached hydrogens (primary N) is 1. The van der Waals surface area contributed by atoms with E-state index in [-0.39, 0.29) is 17.1 Å². The average molecular weight is 397 g/mol. The van der Waals surface area contributed by atoms with Gasteiger partial charge >= 0.3 is 7.12 Å². The van der Waals surface area contributed by atoms with E-state index in [9.17, 15) is 0 Å². The second-order valence-electron chi connectivity index (χ2n) is 5.42. The van der Waals surface area contributed by atoms with Crippen molar-refractivity contribution in [3.05, 3.63) is 19.2 Å². The molecule has 0 bridgehead atoms. The van der Waals surface area contributed by atoms with Crippen LogP contribution in [0.2, 0.25) is 0 Å². The predicted molar refractivity (Wildman–Crippen MR) is 82.7 cm³/mol. The maximum absolute atomic E-state index is 6.24. The van der Waals surface area contributed by atoms with Crippen molar-refractivity contribution in [2.45, 2.75) is 44.8 Å². The Balaban J connectivity index is 2.19. The van der Waals surface area contributed by atoms with Crippen LogP contribution < -0.4 is 5.73 Å². The van der Waals surface area contributed by atoms with Crippen molar-refractivity contribution in [3.63, 3.8) is 0 Å². The first-order valence-corrected chi connectivity index (χ1v) is 8.10. The van der Waals surface area contributed by atoms with Gasteiger partial charge in [0, 0.05) is 9.35 Å². The van der Waals surface area contributed by atoms with E-state index in [1.807, 2.05) is 33.8 Å². The minimum absolute atomic E-state index is 0.279. The summed E-state index contributed by atoms with van der Waals surface area (Å²) in [5, 5.41) is 0. The molecule has 1 fully saturated rings. The monoisotopic (exact) mass is 395 g/mol. The molecule has 1 aromatic rings. The van der Waals surface area contributed by atoms with Crippen molar-refractivity contribution in [2.75, 3.05) is 0 Å². The van der Waals surface area contributed by atoms with Crippen LogP contribution in [0.25, 0.3) is 0 Å². The molecule has 0 spiro atoms. The van der Waals surface area contributed by atoms with Gasteiger partial charge in [0.2, 0.25) is 0 Å². The Bertz CT molecular complexity index is 428. The molecule has 0 saturated carbocycles. The van der Waals surface area contributed by atoms with Crippen molar-refractivity contribution < 1.29 is 9.31 Å². The molecular formula is C11H16BBr2NO2S. The summed E-state index contributed by atoms with van der Waals surface area (Å²) in [6.45, 7) is 8.11. The standard InChI is InChI=1S/C11H16BBr2NO2S/c1-10(2)11(3,4)17-12(16-10)8(15)7-5-6(13)9(14)18-7/h5,8H,15H2,1-4H3/t8-/m1/s1. The Kier molecular flexibility index (Phi) is 4.05. The van der Waals surface area contributed by atoms with Gasteiger partial charge in [0.15, 0.2) is 0 Å². The van der Waals surface area contributed by atoms with Crippen LogP contribution in [0.5, 0.6) is 0 Å². The first-order chi connectivity index (χ1) is 8.14. The lowest BCUT2D eigenvalue weighted by atomic mass is 9.78. The Hall–Kier alpha value is 0.605. The van der Waals surface area contributed by atoms with Gasteiger partial charge in [-0.1, -0.05) is 0 Å². The van der Waals surface area contributed by atoms with Gasteiger partial charge < -0.3 is 15.0 Å². The molecule has 1 atom stereocenters. The molecule has 1 aliphatic heterocycles. The number of hydrogen-bond donors (Lipinski definition) is 1. The molecule has 2 N–H and O–H groups in total. The number of hydrogen-bond acceptors (Lipinski definition) is 4. The molecule has 0 aromatic carbocycles. The second kappa shape index (κ2) is 4.86. The zero-order valence-corrected chi connectivity index (χ0v) is 14.8. The Morgan fingerprint density at radius 2 is 1.72 bits per heavy atom. The van der Waals surface area contributed by atoms with Crippen molar-refractivity contribution >= 4 is 50.3 Å². The molecule has 1 saturated heterocycles. The fraction of sp³-hybridized carbons (Fsp3) is 0.636. The summed E-state index contributed by atoms with van der Waals surface area (Å²) in [7, 11) is -0.410. The van der Waals surface area contributed by atoms with E-state index in [1.165, 1.54) is 0 Å². The number of thiophene rings is 1. The highest BCUT2D eigenvalue weighted by molar-refractivity contribution is 9.13. The minimum atomic E-state index is -0.410. The van der Waals surface area contributed by atoms with Gasteiger partial charge in [-0.15, -0.1) is 11.3 Å². The van der Waals surface area contributed by atoms with Gasteiger partial charge in [-0.25, -0.2) is 0 Å². The predicted octanol–water partition coefficient (Wildman–Crippen LogP) is 3.90. The fourth-order valence-corrected chi connectivity index (χ4v) is 3.80. The van der Waals surface area contributed by atoms with Crippen LogP contribution in [0.1, 0.15) is 38.5 Å². The second-order valence-corrected chi connectivity index (χ2v) is 8.68. The van der Waals surface area contributed by atoms with Crippen LogP contribution in [0.3, 0.4) is 0 Å². The van der Waals surface area contributed by atoms with E-state index in [2.05, 4.69) is 31.9 Å². The topological polar surface area (TPSA) is 44.5 Å². The van der Waals surface area contributed by atoms with Crippen molar-refractivity contribution in [2.24, 2.45) is 5.73 Å². The first-order valence-electron chi connectivity index (χ1n) is 5.70. The Morgan fingerprint density at radius 1 is 1.22 bits per heavy atom. The third kappa shape index (κ3) is 2.58. The van der Waals surface area contributed by atoms with E-state index in [0.717, 1.165) is 13.1 Å². The van der Waals surface area contributed by atoms with Crippen molar-refractivity contribution in [1.82, 2.24) is 0 Å². The highest BCUT2D eigenvalue weighted by atomic mass is 79.9. The van der Waals surface area contributed by atoms with Crippen LogP contribution in [0.4, 0.5) is 0 Å². The van der Waals surface area contributed by atoms with E-state index in [1.54, 1.807) is 11.3 Å². The SMILES string of the molecule is CC1(C)OB([C@H](N)c2cc(Br)c(Br)s2)OC1(C)C. The molecule has 100 valence electrons. The van der Waals surface area contributed by atoms with Crippen LogP contribution in [-0.2, 0) is 9.31 Å². The molecule has 2 rings (SSSR count). The summed E-state index contributed by atoms with van der Waals surface area (Å²) in [5.74, 6) is -0.279. The van der Waals surface area contributed by atoms with Gasteiger partial charge in [-0.2, -0.15) is 0 Å². The number of halogens is 2. The van der Waals surface area contributed by atoms with E-state index < -0.39 is 7.12 Å². The molecule has 1 aromatic heterocycles. The van der Waals surface area contributed by atoms with E-state index in [0.29, 0.717) is 0 Å². The molecule has 18 heavy (non-hydrogen) atoms. The Morgan fingerprint density at radius 3 is 2.11 bits per heavy atom. The third-order valence-corrected chi connectivity index (χ3v) is 6.92. The smallest absolute Gasteiger partial charge is 0.402 e. The first kappa shape index (κ1) is 15.0. The zero-order chi connectivity index (χ0) is 13.7. The van der Waals surface area contributed by atoms with Gasteiger partial charge in [-0.3, -0.25) is 0 Å². The number of rotatable bonds is 2. The maximum Gasteiger partial charge on any atom is 0.481 e. The molecule has 0 unspecified atom stereocenters. The molecule has 7 heteroatoms. The summed E-state index contributed by atoms with van der Waals surface area (Å²) in [6, 6.07) is 2.00. The van der Waals surface area contributed by atoms with E-state index >= 15 is 0 Å². The largest absolute Gasteiger partial charge is 0.481 e. The molecule has 0 radical (unpaired) electrons. The van der Waals surface area contributed by atoms with Crippen LogP contribution in [0.15, 0.2) is 14.3 Å². The lowest BCUT2D eigenvalue weighted by Crippen LogP contribution is -2.41. The molecular weight excluding hydrogens is 381 g/mol.